The molecule has 1 amide bonds. The second kappa shape index (κ2) is 8.01. The maximum Gasteiger partial charge on any atom is 0.404 e. The topological polar surface area (TPSA) is 68.5 Å². The largest absolute Gasteiger partial charge is 0.450 e. The number of primary amides is 1. The summed E-state index contributed by atoms with van der Waals surface area (Å²) in [6.07, 6.45) is 3.46. The Balaban J connectivity index is 1.82. The molecule has 0 radical (unpaired) electrons. The molecular formula is C17H27N3O2. The van der Waals surface area contributed by atoms with Crippen molar-refractivity contribution in [1.82, 2.24) is 4.98 Å². The highest BCUT2D eigenvalue weighted by Crippen LogP contribution is 2.24. The van der Waals surface area contributed by atoms with E-state index in [0.29, 0.717) is 18.4 Å². The quantitative estimate of drug-likeness (QED) is 0.877. The van der Waals surface area contributed by atoms with Crippen molar-refractivity contribution in [3.05, 3.63) is 23.9 Å². The monoisotopic (exact) mass is 305 g/mol. The first-order valence-electron chi connectivity index (χ1n) is 8.17. The molecule has 1 aromatic rings. The van der Waals surface area contributed by atoms with Crippen LogP contribution >= 0.6 is 0 Å². The molecule has 22 heavy (non-hydrogen) atoms. The Morgan fingerprint density at radius 1 is 1.41 bits per heavy atom. The van der Waals surface area contributed by atoms with E-state index in [-0.39, 0.29) is 0 Å². The van der Waals surface area contributed by atoms with E-state index < -0.39 is 6.09 Å². The van der Waals surface area contributed by atoms with Crippen molar-refractivity contribution in [1.29, 1.82) is 0 Å². The van der Waals surface area contributed by atoms with E-state index in [1.54, 1.807) is 0 Å². The molecule has 5 heteroatoms. The molecule has 0 bridgehead atoms. The standard InChI is InChI=1S/C17H27N3O2/c1-13(2)12-15-4-3-5-16(19-15)20-9-6-14(7-10-20)8-11-22-17(18)21/h3-5,13-14H,6-12H2,1-2H3,(H2,18,21). The highest BCUT2D eigenvalue weighted by molar-refractivity contribution is 5.64. The van der Waals surface area contributed by atoms with Crippen LogP contribution in [0, 0.1) is 11.8 Å². The van der Waals surface area contributed by atoms with Crippen LogP contribution < -0.4 is 10.6 Å². The maximum atomic E-state index is 10.6. The summed E-state index contributed by atoms with van der Waals surface area (Å²) in [7, 11) is 0. The van der Waals surface area contributed by atoms with E-state index in [4.69, 9.17) is 15.5 Å². The highest BCUT2D eigenvalue weighted by atomic mass is 16.5. The van der Waals surface area contributed by atoms with Crippen LogP contribution in [0.25, 0.3) is 0 Å². The van der Waals surface area contributed by atoms with Gasteiger partial charge < -0.3 is 15.4 Å². The molecular weight excluding hydrogens is 278 g/mol. The average molecular weight is 305 g/mol. The lowest BCUT2D eigenvalue weighted by Gasteiger charge is -2.33. The summed E-state index contributed by atoms with van der Waals surface area (Å²) >= 11 is 0. The van der Waals surface area contributed by atoms with Crippen LogP contribution in [0.3, 0.4) is 0 Å². The Kier molecular flexibility index (Phi) is 6.04. The van der Waals surface area contributed by atoms with Crippen LogP contribution in [0.1, 0.15) is 38.8 Å². The Morgan fingerprint density at radius 2 is 2.14 bits per heavy atom. The summed E-state index contributed by atoms with van der Waals surface area (Å²) in [5, 5.41) is 0. The van der Waals surface area contributed by atoms with Crippen molar-refractivity contribution >= 4 is 11.9 Å². The maximum absolute atomic E-state index is 10.6. The zero-order valence-corrected chi connectivity index (χ0v) is 13.6. The predicted octanol–water partition coefficient (Wildman–Crippen LogP) is 2.98. The van der Waals surface area contributed by atoms with E-state index in [9.17, 15) is 4.79 Å². The number of nitrogens with zero attached hydrogens (tertiary/aromatic N) is 2. The van der Waals surface area contributed by atoms with Crippen molar-refractivity contribution in [3.8, 4) is 0 Å². The third-order valence-electron chi connectivity index (χ3n) is 4.12. The van der Waals surface area contributed by atoms with Gasteiger partial charge in [-0.3, -0.25) is 0 Å². The summed E-state index contributed by atoms with van der Waals surface area (Å²) in [6, 6.07) is 6.31. The number of piperidine rings is 1. The number of pyridine rings is 1. The van der Waals surface area contributed by atoms with Gasteiger partial charge in [-0.05, 0) is 49.7 Å². The number of aromatic nitrogens is 1. The molecule has 1 saturated heterocycles. The van der Waals surface area contributed by atoms with Crippen LogP contribution in [0.2, 0.25) is 0 Å². The van der Waals surface area contributed by atoms with Gasteiger partial charge >= 0.3 is 6.09 Å². The minimum Gasteiger partial charge on any atom is -0.450 e. The molecule has 5 nitrogen and oxygen atoms in total. The van der Waals surface area contributed by atoms with Crippen LogP contribution in [0.4, 0.5) is 10.6 Å². The molecule has 0 aromatic carbocycles. The number of ether oxygens (including phenoxy) is 1. The van der Waals surface area contributed by atoms with Gasteiger partial charge in [-0.15, -0.1) is 0 Å². The highest BCUT2D eigenvalue weighted by Gasteiger charge is 2.20. The number of amides is 1. The van der Waals surface area contributed by atoms with E-state index in [0.717, 1.165) is 44.6 Å². The average Bonchev–Trinajstić information content (AvgIpc) is 2.47. The summed E-state index contributed by atoms with van der Waals surface area (Å²) in [6.45, 7) is 6.89. The summed E-state index contributed by atoms with van der Waals surface area (Å²) < 4.78 is 4.82. The number of carbonyl (C=O) groups excluding carboxylic acids is 1. The molecule has 0 spiro atoms. The van der Waals surface area contributed by atoms with Gasteiger partial charge in [0.2, 0.25) is 0 Å². The van der Waals surface area contributed by atoms with Crippen molar-refractivity contribution in [3.63, 3.8) is 0 Å². The fourth-order valence-corrected chi connectivity index (χ4v) is 2.95. The summed E-state index contributed by atoms with van der Waals surface area (Å²) in [5.74, 6) is 2.32. The van der Waals surface area contributed by atoms with Gasteiger partial charge in [0.1, 0.15) is 5.82 Å². The van der Waals surface area contributed by atoms with Crippen LogP contribution in [-0.4, -0.2) is 30.8 Å². The Bertz CT molecular complexity index is 483. The van der Waals surface area contributed by atoms with Gasteiger partial charge in [0.25, 0.3) is 0 Å². The number of nitrogens with two attached hydrogens (primary N) is 1. The van der Waals surface area contributed by atoms with Crippen molar-refractivity contribution in [2.24, 2.45) is 17.6 Å². The van der Waals surface area contributed by atoms with Crippen molar-refractivity contribution < 1.29 is 9.53 Å². The second-order valence-corrected chi connectivity index (χ2v) is 6.47. The van der Waals surface area contributed by atoms with Gasteiger partial charge in [-0.1, -0.05) is 19.9 Å². The summed E-state index contributed by atoms with van der Waals surface area (Å²) in [4.78, 5) is 17.7. The summed E-state index contributed by atoms with van der Waals surface area (Å²) in [5.41, 5.74) is 6.15. The zero-order valence-electron chi connectivity index (χ0n) is 13.6. The third kappa shape index (κ3) is 5.20. The van der Waals surface area contributed by atoms with E-state index in [1.165, 1.54) is 5.69 Å². The smallest absolute Gasteiger partial charge is 0.404 e. The molecule has 122 valence electrons. The molecule has 1 aromatic heterocycles. The van der Waals surface area contributed by atoms with E-state index in [2.05, 4.69) is 36.9 Å². The van der Waals surface area contributed by atoms with E-state index >= 15 is 0 Å². The van der Waals surface area contributed by atoms with Crippen LogP contribution in [-0.2, 0) is 11.2 Å². The van der Waals surface area contributed by atoms with Gasteiger partial charge in [0, 0.05) is 18.8 Å². The molecule has 0 saturated carbocycles. The SMILES string of the molecule is CC(C)Cc1cccc(N2CCC(CCOC(N)=O)CC2)n1. The minimum atomic E-state index is -0.677. The van der Waals surface area contributed by atoms with Gasteiger partial charge in [0.05, 0.1) is 6.61 Å². The lowest BCUT2D eigenvalue weighted by atomic mass is 9.94. The predicted molar refractivity (Wildman–Crippen MR) is 87.9 cm³/mol. The third-order valence-corrected chi connectivity index (χ3v) is 4.12. The van der Waals surface area contributed by atoms with Crippen LogP contribution in [0.5, 0.6) is 0 Å². The molecule has 0 atom stereocenters. The van der Waals surface area contributed by atoms with Crippen molar-refractivity contribution in [2.75, 3.05) is 24.6 Å². The lowest BCUT2D eigenvalue weighted by Crippen LogP contribution is -2.34. The first kappa shape index (κ1) is 16.6. The molecule has 2 N–H and O–H groups in total. The Labute approximate surface area is 132 Å². The van der Waals surface area contributed by atoms with Gasteiger partial charge in [-0.25, -0.2) is 9.78 Å². The second-order valence-electron chi connectivity index (χ2n) is 6.47. The molecule has 1 aliphatic heterocycles. The first-order valence-corrected chi connectivity index (χ1v) is 8.17. The Hall–Kier alpha value is -1.78. The molecule has 1 aliphatic rings. The fourth-order valence-electron chi connectivity index (χ4n) is 2.95. The molecule has 2 rings (SSSR count). The Morgan fingerprint density at radius 3 is 2.77 bits per heavy atom. The first-order chi connectivity index (χ1) is 10.5. The number of carbonyl (C=O) groups is 1. The lowest BCUT2D eigenvalue weighted by molar-refractivity contribution is 0.146. The molecule has 2 heterocycles. The van der Waals surface area contributed by atoms with Crippen molar-refractivity contribution in [2.45, 2.75) is 39.5 Å². The zero-order chi connectivity index (χ0) is 15.9. The van der Waals surface area contributed by atoms with E-state index in [1.807, 2.05) is 0 Å². The molecule has 1 fully saturated rings. The normalized spacial score (nSPS) is 16.0. The minimum absolute atomic E-state index is 0.433. The number of hydrogen-bond acceptors (Lipinski definition) is 4. The molecule has 0 aliphatic carbocycles. The fraction of sp³-hybridized carbons (Fsp3) is 0.647. The number of rotatable bonds is 6. The molecule has 0 unspecified atom stereocenters. The number of hydrogen-bond donors (Lipinski definition) is 1. The van der Waals surface area contributed by atoms with Crippen LogP contribution in [0.15, 0.2) is 18.2 Å². The van der Waals surface area contributed by atoms with Gasteiger partial charge in [0.15, 0.2) is 0 Å². The van der Waals surface area contributed by atoms with Gasteiger partial charge in [-0.2, -0.15) is 0 Å². The number of anilines is 1.